The number of hydrogen-bond donors (Lipinski definition) is 2. The van der Waals surface area contributed by atoms with Gasteiger partial charge in [-0.2, -0.15) is 0 Å². The standard InChI is InChI=1S/C34H38O6/c35-21-32(38-23-28-15-7-2-8-16-28)34(40-25-30-19-11-4-12-20-30)33(39-24-29-17-9-3-10-18-29)31(36)26-37-22-27-13-5-1-6-14-27/h1-20,31-36H,21-26H2/t31-,32-,33+,34+/m0/s1. The summed E-state index contributed by atoms with van der Waals surface area (Å²) < 4.78 is 24.8. The molecule has 0 heterocycles. The summed E-state index contributed by atoms with van der Waals surface area (Å²) in [5, 5.41) is 21.8. The van der Waals surface area contributed by atoms with Crippen LogP contribution in [0.4, 0.5) is 0 Å². The third-order valence-electron chi connectivity index (χ3n) is 6.53. The molecular weight excluding hydrogens is 504 g/mol. The highest BCUT2D eigenvalue weighted by Gasteiger charge is 2.37. The largest absolute Gasteiger partial charge is 0.394 e. The van der Waals surface area contributed by atoms with E-state index in [1.807, 2.05) is 121 Å². The van der Waals surface area contributed by atoms with E-state index in [-0.39, 0.29) is 33.0 Å². The Labute approximate surface area is 236 Å². The van der Waals surface area contributed by atoms with Gasteiger partial charge in [-0.15, -0.1) is 0 Å². The van der Waals surface area contributed by atoms with Crippen LogP contribution in [0.25, 0.3) is 0 Å². The van der Waals surface area contributed by atoms with Crippen molar-refractivity contribution in [3.05, 3.63) is 144 Å². The Morgan fingerprint density at radius 2 is 0.850 bits per heavy atom. The lowest BCUT2D eigenvalue weighted by Gasteiger charge is -2.35. The molecule has 0 fully saturated rings. The van der Waals surface area contributed by atoms with Crippen molar-refractivity contribution in [2.45, 2.75) is 50.8 Å². The molecule has 0 aliphatic heterocycles. The van der Waals surface area contributed by atoms with Gasteiger partial charge in [0.05, 0.1) is 39.6 Å². The quantitative estimate of drug-likeness (QED) is 0.188. The Balaban J connectivity index is 1.53. The van der Waals surface area contributed by atoms with E-state index in [0.29, 0.717) is 6.61 Å². The summed E-state index contributed by atoms with van der Waals surface area (Å²) in [7, 11) is 0. The molecule has 4 aromatic rings. The molecule has 0 saturated carbocycles. The van der Waals surface area contributed by atoms with Gasteiger partial charge in [0.25, 0.3) is 0 Å². The Hall–Kier alpha value is -3.36. The third kappa shape index (κ3) is 9.68. The summed E-state index contributed by atoms with van der Waals surface area (Å²) in [6, 6.07) is 39.1. The number of benzene rings is 4. The molecule has 4 atom stereocenters. The number of aliphatic hydroxyl groups is 2. The minimum absolute atomic E-state index is 0.0242. The molecule has 2 N–H and O–H groups in total. The average molecular weight is 543 g/mol. The van der Waals surface area contributed by atoms with E-state index < -0.39 is 24.4 Å². The zero-order valence-corrected chi connectivity index (χ0v) is 22.6. The van der Waals surface area contributed by atoms with Crippen molar-refractivity contribution in [2.24, 2.45) is 0 Å². The van der Waals surface area contributed by atoms with Gasteiger partial charge in [-0.1, -0.05) is 121 Å². The van der Waals surface area contributed by atoms with Crippen molar-refractivity contribution in [3.8, 4) is 0 Å². The predicted octanol–water partition coefficient (Wildman–Crippen LogP) is 5.31. The molecular formula is C34H38O6. The normalized spacial score (nSPS) is 14.3. The first-order valence-electron chi connectivity index (χ1n) is 13.6. The highest BCUT2D eigenvalue weighted by atomic mass is 16.6. The van der Waals surface area contributed by atoms with Gasteiger partial charge >= 0.3 is 0 Å². The minimum atomic E-state index is -1.04. The molecule has 210 valence electrons. The van der Waals surface area contributed by atoms with Gasteiger partial charge < -0.3 is 29.2 Å². The van der Waals surface area contributed by atoms with Gasteiger partial charge in [0, 0.05) is 0 Å². The van der Waals surface area contributed by atoms with Crippen LogP contribution in [0.3, 0.4) is 0 Å². The SMILES string of the molecule is OC[C@H](OCc1ccccc1)[C@@H](OCc1ccccc1)[C@H](OCc1ccccc1)[C@@H](O)COCc1ccccc1. The van der Waals surface area contributed by atoms with Crippen LogP contribution >= 0.6 is 0 Å². The van der Waals surface area contributed by atoms with Crippen LogP contribution in [0.2, 0.25) is 0 Å². The van der Waals surface area contributed by atoms with E-state index in [1.54, 1.807) is 0 Å². The molecule has 6 heteroatoms. The van der Waals surface area contributed by atoms with Crippen LogP contribution in [0.1, 0.15) is 22.3 Å². The lowest BCUT2D eigenvalue weighted by atomic mass is 10.0. The molecule has 0 amide bonds. The van der Waals surface area contributed by atoms with Crippen molar-refractivity contribution in [3.63, 3.8) is 0 Å². The smallest absolute Gasteiger partial charge is 0.115 e. The summed E-state index contributed by atoms with van der Waals surface area (Å²) in [4.78, 5) is 0. The summed E-state index contributed by atoms with van der Waals surface area (Å²) in [6.07, 6.45) is -3.42. The van der Waals surface area contributed by atoms with E-state index in [0.717, 1.165) is 22.3 Å². The average Bonchev–Trinajstić information content (AvgIpc) is 3.01. The van der Waals surface area contributed by atoms with E-state index in [1.165, 1.54) is 0 Å². The first-order valence-corrected chi connectivity index (χ1v) is 13.6. The van der Waals surface area contributed by atoms with Gasteiger partial charge in [-0.3, -0.25) is 0 Å². The molecule has 40 heavy (non-hydrogen) atoms. The van der Waals surface area contributed by atoms with Crippen molar-refractivity contribution in [1.29, 1.82) is 0 Å². The maximum Gasteiger partial charge on any atom is 0.115 e. The third-order valence-corrected chi connectivity index (χ3v) is 6.53. The van der Waals surface area contributed by atoms with Crippen molar-refractivity contribution < 1.29 is 29.2 Å². The van der Waals surface area contributed by atoms with Crippen molar-refractivity contribution in [2.75, 3.05) is 13.2 Å². The van der Waals surface area contributed by atoms with E-state index >= 15 is 0 Å². The van der Waals surface area contributed by atoms with E-state index in [9.17, 15) is 10.2 Å². The lowest BCUT2D eigenvalue weighted by Crippen LogP contribution is -2.51. The molecule has 4 aromatic carbocycles. The maximum absolute atomic E-state index is 11.4. The lowest BCUT2D eigenvalue weighted by molar-refractivity contribution is -0.193. The number of aliphatic hydroxyl groups excluding tert-OH is 2. The molecule has 6 nitrogen and oxygen atoms in total. The molecule has 0 saturated heterocycles. The second kappa shape index (κ2) is 16.7. The van der Waals surface area contributed by atoms with Crippen LogP contribution in [-0.4, -0.2) is 47.8 Å². The van der Waals surface area contributed by atoms with Gasteiger partial charge in [0.15, 0.2) is 0 Å². The highest BCUT2D eigenvalue weighted by molar-refractivity contribution is 5.16. The fourth-order valence-electron chi connectivity index (χ4n) is 4.37. The number of hydrogen-bond acceptors (Lipinski definition) is 6. The van der Waals surface area contributed by atoms with Crippen LogP contribution in [-0.2, 0) is 45.4 Å². The monoisotopic (exact) mass is 542 g/mol. The Morgan fingerprint density at radius 3 is 1.27 bits per heavy atom. The van der Waals surface area contributed by atoms with E-state index in [2.05, 4.69) is 0 Å². The highest BCUT2D eigenvalue weighted by Crippen LogP contribution is 2.21. The molecule has 0 bridgehead atoms. The zero-order valence-electron chi connectivity index (χ0n) is 22.6. The summed E-state index contributed by atoms with van der Waals surface area (Å²) in [5.41, 5.74) is 3.89. The molecule has 0 aromatic heterocycles. The molecule has 0 spiro atoms. The molecule has 4 rings (SSSR count). The topological polar surface area (TPSA) is 77.4 Å². The minimum Gasteiger partial charge on any atom is -0.394 e. The Bertz CT molecular complexity index is 1190. The van der Waals surface area contributed by atoms with Crippen molar-refractivity contribution in [1.82, 2.24) is 0 Å². The Morgan fingerprint density at radius 1 is 0.475 bits per heavy atom. The summed E-state index contributed by atoms with van der Waals surface area (Å²) in [6.45, 7) is 0.865. The predicted molar refractivity (Wildman–Crippen MR) is 154 cm³/mol. The van der Waals surface area contributed by atoms with Gasteiger partial charge in [0.2, 0.25) is 0 Å². The number of ether oxygens (including phenoxy) is 4. The maximum atomic E-state index is 11.4. The fourth-order valence-corrected chi connectivity index (χ4v) is 4.37. The second-order valence-electron chi connectivity index (χ2n) is 9.61. The summed E-state index contributed by atoms with van der Waals surface area (Å²) >= 11 is 0. The molecule has 0 unspecified atom stereocenters. The molecule has 0 aliphatic carbocycles. The zero-order chi connectivity index (χ0) is 27.8. The van der Waals surface area contributed by atoms with Gasteiger partial charge in [-0.25, -0.2) is 0 Å². The molecule has 0 radical (unpaired) electrons. The van der Waals surface area contributed by atoms with Crippen LogP contribution in [0.5, 0.6) is 0 Å². The van der Waals surface area contributed by atoms with Gasteiger partial charge in [-0.05, 0) is 22.3 Å². The Kier molecular flexibility index (Phi) is 12.3. The van der Waals surface area contributed by atoms with E-state index in [4.69, 9.17) is 18.9 Å². The van der Waals surface area contributed by atoms with Crippen molar-refractivity contribution >= 4 is 0 Å². The second-order valence-corrected chi connectivity index (χ2v) is 9.61. The molecule has 0 aliphatic rings. The number of rotatable bonds is 17. The van der Waals surface area contributed by atoms with Crippen LogP contribution in [0.15, 0.2) is 121 Å². The van der Waals surface area contributed by atoms with Crippen LogP contribution in [0, 0.1) is 0 Å². The first-order chi connectivity index (χ1) is 19.7. The van der Waals surface area contributed by atoms with Crippen LogP contribution < -0.4 is 0 Å². The van der Waals surface area contributed by atoms with Gasteiger partial charge in [0.1, 0.15) is 24.4 Å². The first kappa shape index (κ1) is 29.6. The summed E-state index contributed by atoms with van der Waals surface area (Å²) in [5.74, 6) is 0. The fraction of sp³-hybridized carbons (Fsp3) is 0.294.